The number of ether oxygens (including phenoxy) is 1. The zero-order chi connectivity index (χ0) is 20.6. The number of anilines is 1. The first kappa shape index (κ1) is 21.0. The molecule has 0 bridgehead atoms. The molecule has 3 rings (SSSR count). The van der Waals surface area contributed by atoms with Crippen molar-refractivity contribution in [2.24, 2.45) is 4.99 Å². The van der Waals surface area contributed by atoms with Crippen LogP contribution < -0.4 is 15.5 Å². The molecule has 2 heterocycles. The molecule has 1 fully saturated rings. The summed E-state index contributed by atoms with van der Waals surface area (Å²) < 4.78 is 32.7. The molecule has 1 saturated heterocycles. The smallest absolute Gasteiger partial charge is 0.191 e. The highest BCUT2D eigenvalue weighted by atomic mass is 19.1. The minimum absolute atomic E-state index is 0.126. The number of aliphatic imine (C=N–C) groups is 1. The van der Waals surface area contributed by atoms with E-state index in [0.717, 1.165) is 18.5 Å². The molecular weight excluding hydrogens is 376 g/mol. The summed E-state index contributed by atoms with van der Waals surface area (Å²) in [4.78, 5) is 10.7. The van der Waals surface area contributed by atoms with E-state index in [2.05, 4.69) is 20.6 Å². The van der Waals surface area contributed by atoms with Gasteiger partial charge >= 0.3 is 0 Å². The number of guanidine groups is 1. The van der Waals surface area contributed by atoms with Crippen LogP contribution in [0.4, 0.5) is 14.6 Å². The fourth-order valence-electron chi connectivity index (χ4n) is 3.36. The van der Waals surface area contributed by atoms with Gasteiger partial charge < -0.3 is 20.3 Å². The fourth-order valence-corrected chi connectivity index (χ4v) is 3.36. The summed E-state index contributed by atoms with van der Waals surface area (Å²) in [6, 6.07) is 9.38. The molecule has 0 spiro atoms. The summed E-state index contributed by atoms with van der Waals surface area (Å²) in [5.41, 5.74) is 0.867. The second-order valence-electron chi connectivity index (χ2n) is 6.88. The van der Waals surface area contributed by atoms with Crippen molar-refractivity contribution in [2.75, 3.05) is 38.2 Å². The maximum atomic E-state index is 14.0. The minimum atomic E-state index is -0.309. The number of benzene rings is 1. The monoisotopic (exact) mass is 403 g/mol. The number of hydrogen-bond donors (Lipinski definition) is 2. The van der Waals surface area contributed by atoms with Gasteiger partial charge in [-0.05, 0) is 43.2 Å². The lowest BCUT2D eigenvalue weighted by Crippen LogP contribution is -2.45. The molecule has 29 heavy (non-hydrogen) atoms. The summed E-state index contributed by atoms with van der Waals surface area (Å²) in [5.74, 6) is 0.465. The molecule has 2 atom stereocenters. The zero-order valence-electron chi connectivity index (χ0n) is 16.7. The van der Waals surface area contributed by atoms with Crippen LogP contribution in [0.25, 0.3) is 0 Å². The Morgan fingerprint density at radius 3 is 2.79 bits per heavy atom. The number of nitrogens with zero attached hydrogens (tertiary/aromatic N) is 3. The van der Waals surface area contributed by atoms with Gasteiger partial charge in [-0.1, -0.05) is 12.1 Å². The first-order chi connectivity index (χ1) is 14.1. The highest BCUT2D eigenvalue weighted by Crippen LogP contribution is 2.21. The lowest BCUT2D eigenvalue weighted by Gasteiger charge is -2.20. The molecule has 0 radical (unpaired) electrons. The van der Waals surface area contributed by atoms with E-state index < -0.39 is 0 Å². The van der Waals surface area contributed by atoms with Crippen LogP contribution in [0.3, 0.4) is 0 Å². The van der Waals surface area contributed by atoms with Gasteiger partial charge in [0.05, 0.1) is 6.54 Å². The van der Waals surface area contributed by atoms with Crippen molar-refractivity contribution in [2.45, 2.75) is 25.5 Å². The lowest BCUT2D eigenvalue weighted by atomic mass is 10.1. The van der Waals surface area contributed by atoms with Crippen LogP contribution in [0.2, 0.25) is 0 Å². The van der Waals surface area contributed by atoms with E-state index in [4.69, 9.17) is 4.74 Å². The molecule has 0 saturated carbocycles. The highest BCUT2D eigenvalue weighted by molar-refractivity contribution is 5.80. The Morgan fingerprint density at radius 1 is 1.31 bits per heavy atom. The van der Waals surface area contributed by atoms with Crippen molar-refractivity contribution in [3.8, 4) is 0 Å². The molecule has 1 aliphatic heterocycles. The second kappa shape index (κ2) is 10.2. The van der Waals surface area contributed by atoms with E-state index in [1.807, 2.05) is 11.8 Å². The summed E-state index contributed by atoms with van der Waals surface area (Å²) in [6.07, 6.45) is 2.19. The number of hydrogen-bond acceptors (Lipinski definition) is 4. The Kier molecular flexibility index (Phi) is 7.35. The van der Waals surface area contributed by atoms with Gasteiger partial charge in [0.2, 0.25) is 0 Å². The van der Waals surface area contributed by atoms with Crippen molar-refractivity contribution >= 4 is 11.8 Å². The quantitative estimate of drug-likeness (QED) is 0.550. The van der Waals surface area contributed by atoms with E-state index in [1.54, 1.807) is 31.5 Å². The number of halogens is 2. The summed E-state index contributed by atoms with van der Waals surface area (Å²) >= 11 is 0. The van der Waals surface area contributed by atoms with Crippen molar-refractivity contribution in [3.63, 3.8) is 0 Å². The van der Waals surface area contributed by atoms with Gasteiger partial charge in [0.25, 0.3) is 0 Å². The summed E-state index contributed by atoms with van der Waals surface area (Å²) in [7, 11) is 1.61. The zero-order valence-corrected chi connectivity index (χ0v) is 16.7. The molecule has 8 heteroatoms. The summed E-state index contributed by atoms with van der Waals surface area (Å²) in [5, 5.41) is 6.64. The number of rotatable bonds is 7. The second-order valence-corrected chi connectivity index (χ2v) is 6.88. The van der Waals surface area contributed by atoms with Crippen LogP contribution in [0, 0.1) is 11.6 Å². The van der Waals surface area contributed by atoms with Crippen LogP contribution >= 0.6 is 0 Å². The Balaban J connectivity index is 1.62. The van der Waals surface area contributed by atoms with Crippen LogP contribution in [0.1, 0.15) is 25.0 Å². The third-order valence-corrected chi connectivity index (χ3v) is 4.85. The van der Waals surface area contributed by atoms with Gasteiger partial charge in [0.15, 0.2) is 17.6 Å². The number of pyridine rings is 1. The highest BCUT2D eigenvalue weighted by Gasteiger charge is 2.26. The van der Waals surface area contributed by atoms with E-state index in [9.17, 15) is 8.78 Å². The van der Waals surface area contributed by atoms with Crippen LogP contribution in [0.5, 0.6) is 0 Å². The van der Waals surface area contributed by atoms with Crippen molar-refractivity contribution in [1.29, 1.82) is 0 Å². The maximum Gasteiger partial charge on any atom is 0.191 e. The molecule has 6 nitrogen and oxygen atoms in total. The molecule has 2 unspecified atom stereocenters. The molecule has 1 aliphatic rings. The molecule has 1 aromatic heterocycles. The van der Waals surface area contributed by atoms with Crippen LogP contribution in [-0.4, -0.2) is 50.3 Å². The normalized spacial score (nSPS) is 18.0. The van der Waals surface area contributed by atoms with E-state index in [0.29, 0.717) is 31.4 Å². The lowest BCUT2D eigenvalue weighted by molar-refractivity contribution is 0.111. The third kappa shape index (κ3) is 5.63. The van der Waals surface area contributed by atoms with Gasteiger partial charge in [-0.15, -0.1) is 0 Å². The van der Waals surface area contributed by atoms with E-state index >= 15 is 0 Å². The first-order valence-electron chi connectivity index (χ1n) is 9.79. The van der Waals surface area contributed by atoms with E-state index in [-0.39, 0.29) is 23.8 Å². The van der Waals surface area contributed by atoms with Gasteiger partial charge in [0, 0.05) is 39.0 Å². The predicted octanol–water partition coefficient (Wildman–Crippen LogP) is 2.88. The molecule has 1 aromatic carbocycles. The Bertz CT molecular complexity index is 815. The van der Waals surface area contributed by atoms with Crippen molar-refractivity contribution < 1.29 is 13.5 Å². The molecule has 2 aromatic rings. The predicted molar refractivity (Wildman–Crippen MR) is 110 cm³/mol. The van der Waals surface area contributed by atoms with Gasteiger partial charge in [-0.25, -0.2) is 13.8 Å². The van der Waals surface area contributed by atoms with Crippen molar-refractivity contribution in [1.82, 2.24) is 15.6 Å². The minimum Gasteiger partial charge on any atom is -0.375 e. The van der Waals surface area contributed by atoms with Gasteiger partial charge in [0.1, 0.15) is 11.9 Å². The third-order valence-electron chi connectivity index (χ3n) is 4.85. The Hall–Kier alpha value is -2.74. The number of nitrogens with one attached hydrogen (secondary N) is 2. The molecule has 0 aliphatic carbocycles. The first-order valence-corrected chi connectivity index (χ1v) is 9.79. The molecule has 156 valence electrons. The van der Waals surface area contributed by atoms with Crippen LogP contribution in [0.15, 0.2) is 47.6 Å². The molecule has 0 amide bonds. The SMILES string of the molecule is CCNC(=NCC(OC)c1ccc(F)cc1)NC1CCN(c2ncccc2F)C1. The average Bonchev–Trinajstić information content (AvgIpc) is 3.18. The fraction of sp³-hybridized carbons (Fsp3) is 0.429. The standard InChI is InChI=1S/C21H27F2N5O/c1-3-24-21(26-13-19(29-2)15-6-8-16(22)9-7-15)27-17-10-12-28(14-17)20-18(23)5-4-11-25-20/h4-9,11,17,19H,3,10,12-14H2,1-2H3,(H2,24,26,27). The van der Waals surface area contributed by atoms with Gasteiger partial charge in [-0.2, -0.15) is 0 Å². The number of methoxy groups -OCH3 is 1. The van der Waals surface area contributed by atoms with Crippen LogP contribution in [-0.2, 0) is 4.74 Å². The Morgan fingerprint density at radius 2 is 2.10 bits per heavy atom. The topological polar surface area (TPSA) is 61.8 Å². The summed E-state index contributed by atoms with van der Waals surface area (Å²) in [6.45, 7) is 4.47. The van der Waals surface area contributed by atoms with E-state index in [1.165, 1.54) is 18.2 Å². The average molecular weight is 403 g/mol. The molecule has 2 N–H and O–H groups in total. The largest absolute Gasteiger partial charge is 0.375 e. The Labute approximate surface area is 170 Å². The maximum absolute atomic E-state index is 14.0. The number of aromatic nitrogens is 1. The molecular formula is C21H27F2N5O. The van der Waals surface area contributed by atoms with Crippen molar-refractivity contribution in [3.05, 3.63) is 59.8 Å². The van der Waals surface area contributed by atoms with Gasteiger partial charge in [-0.3, -0.25) is 4.99 Å².